The van der Waals surface area contributed by atoms with Gasteiger partial charge in [0.1, 0.15) is 11.3 Å². The molecule has 2 aromatic carbocycles. The molecule has 0 amide bonds. The Morgan fingerprint density at radius 2 is 2.05 bits per heavy atom. The number of hydrogen-bond donors (Lipinski definition) is 2. The maximum absolute atomic E-state index is 11.2. The molecular formula is C14H11BrClNO3. The molecule has 0 atom stereocenters. The summed E-state index contributed by atoms with van der Waals surface area (Å²) in [7, 11) is 0. The van der Waals surface area contributed by atoms with Crippen molar-refractivity contribution in [1.29, 1.82) is 0 Å². The summed E-state index contributed by atoms with van der Waals surface area (Å²) in [5, 5.41) is 9.35. The lowest BCUT2D eigenvalue weighted by molar-refractivity contribution is 0.0694. The van der Waals surface area contributed by atoms with E-state index in [1.807, 2.05) is 13.0 Å². The molecule has 0 aliphatic carbocycles. The fraction of sp³-hybridized carbons (Fsp3) is 0.0714. The Morgan fingerprint density at radius 3 is 2.65 bits per heavy atom. The van der Waals surface area contributed by atoms with Gasteiger partial charge in [0.05, 0.1) is 5.02 Å². The summed E-state index contributed by atoms with van der Waals surface area (Å²) in [6.45, 7) is 1.90. The van der Waals surface area contributed by atoms with Crippen molar-refractivity contribution in [2.24, 2.45) is 0 Å². The molecular weight excluding hydrogens is 346 g/mol. The first-order valence-corrected chi connectivity index (χ1v) is 6.82. The van der Waals surface area contributed by atoms with Gasteiger partial charge in [0.15, 0.2) is 5.75 Å². The van der Waals surface area contributed by atoms with Crippen molar-refractivity contribution in [2.45, 2.75) is 6.92 Å². The highest BCUT2D eigenvalue weighted by Crippen LogP contribution is 2.36. The number of carboxylic acid groups (broad SMARTS) is 1. The zero-order valence-corrected chi connectivity index (χ0v) is 12.8. The van der Waals surface area contributed by atoms with Gasteiger partial charge in [0, 0.05) is 10.2 Å². The number of carbonyl (C=O) groups is 1. The fourth-order valence-electron chi connectivity index (χ4n) is 1.68. The molecule has 3 N–H and O–H groups in total. The summed E-state index contributed by atoms with van der Waals surface area (Å²) in [5.74, 6) is -0.571. The number of hydrogen-bond acceptors (Lipinski definition) is 3. The van der Waals surface area contributed by atoms with Gasteiger partial charge in [-0.25, -0.2) is 4.79 Å². The predicted molar refractivity (Wildman–Crippen MR) is 81.8 cm³/mol. The van der Waals surface area contributed by atoms with Crippen LogP contribution in [0.15, 0.2) is 34.8 Å². The van der Waals surface area contributed by atoms with E-state index in [0.29, 0.717) is 5.75 Å². The van der Waals surface area contributed by atoms with E-state index in [1.165, 1.54) is 12.1 Å². The molecule has 0 bridgehead atoms. The predicted octanol–water partition coefficient (Wildman–Crippen LogP) is 4.48. The van der Waals surface area contributed by atoms with E-state index in [9.17, 15) is 9.90 Å². The molecule has 0 unspecified atom stereocenters. The second-order valence-corrected chi connectivity index (χ2v) is 5.46. The average molecular weight is 357 g/mol. The molecule has 0 saturated carbocycles. The van der Waals surface area contributed by atoms with Crippen molar-refractivity contribution in [3.63, 3.8) is 0 Å². The SMILES string of the molecule is Cc1cc(Oc2c(Cl)cc(N)cc2C(=O)O)ccc1Br. The zero-order valence-electron chi connectivity index (χ0n) is 10.5. The number of nitrogen functional groups attached to an aromatic ring is 1. The maximum Gasteiger partial charge on any atom is 0.339 e. The number of carboxylic acids is 1. The lowest BCUT2D eigenvalue weighted by atomic mass is 10.1. The van der Waals surface area contributed by atoms with Gasteiger partial charge in [-0.3, -0.25) is 0 Å². The number of halogens is 2. The Hall–Kier alpha value is -1.72. The maximum atomic E-state index is 11.2. The summed E-state index contributed by atoms with van der Waals surface area (Å²) in [6.07, 6.45) is 0. The molecule has 2 aromatic rings. The molecule has 0 fully saturated rings. The topological polar surface area (TPSA) is 72.5 Å². The molecule has 104 valence electrons. The quantitative estimate of drug-likeness (QED) is 0.795. The lowest BCUT2D eigenvalue weighted by Gasteiger charge is -2.12. The van der Waals surface area contributed by atoms with Crippen LogP contribution in [0.5, 0.6) is 11.5 Å². The van der Waals surface area contributed by atoms with Gasteiger partial charge in [-0.1, -0.05) is 27.5 Å². The molecule has 6 heteroatoms. The highest BCUT2D eigenvalue weighted by molar-refractivity contribution is 9.10. The lowest BCUT2D eigenvalue weighted by Crippen LogP contribution is -2.02. The third-order valence-electron chi connectivity index (χ3n) is 2.65. The highest BCUT2D eigenvalue weighted by Gasteiger charge is 2.17. The van der Waals surface area contributed by atoms with E-state index in [4.69, 9.17) is 22.1 Å². The smallest absolute Gasteiger partial charge is 0.339 e. The van der Waals surface area contributed by atoms with Gasteiger partial charge in [0.2, 0.25) is 0 Å². The van der Waals surface area contributed by atoms with Crippen molar-refractivity contribution in [3.8, 4) is 11.5 Å². The Balaban J connectivity index is 2.47. The second-order valence-electron chi connectivity index (χ2n) is 4.20. The minimum atomic E-state index is -1.15. The Labute approximate surface area is 129 Å². The molecule has 0 spiro atoms. The van der Waals surface area contributed by atoms with Crippen LogP contribution in [0.1, 0.15) is 15.9 Å². The summed E-state index contributed by atoms with van der Waals surface area (Å²) in [4.78, 5) is 11.2. The third kappa shape index (κ3) is 3.05. The van der Waals surface area contributed by atoms with Gasteiger partial charge in [-0.2, -0.15) is 0 Å². The summed E-state index contributed by atoms with van der Waals surface area (Å²) in [5.41, 5.74) is 6.75. The van der Waals surface area contributed by atoms with Crippen LogP contribution in [-0.2, 0) is 0 Å². The van der Waals surface area contributed by atoms with E-state index >= 15 is 0 Å². The van der Waals surface area contributed by atoms with Crippen molar-refractivity contribution < 1.29 is 14.6 Å². The molecule has 20 heavy (non-hydrogen) atoms. The summed E-state index contributed by atoms with van der Waals surface area (Å²) < 4.78 is 6.54. The monoisotopic (exact) mass is 355 g/mol. The van der Waals surface area contributed by atoms with Crippen LogP contribution in [0, 0.1) is 6.92 Å². The largest absolute Gasteiger partial charge is 0.478 e. The van der Waals surface area contributed by atoms with Crippen molar-refractivity contribution in [3.05, 3.63) is 51.0 Å². The van der Waals surface area contributed by atoms with Crippen LogP contribution in [-0.4, -0.2) is 11.1 Å². The van der Waals surface area contributed by atoms with E-state index in [1.54, 1.807) is 12.1 Å². The molecule has 0 saturated heterocycles. The van der Waals surface area contributed by atoms with E-state index < -0.39 is 5.97 Å². The van der Waals surface area contributed by atoms with Gasteiger partial charge < -0.3 is 15.6 Å². The number of benzene rings is 2. The van der Waals surface area contributed by atoms with E-state index in [-0.39, 0.29) is 22.0 Å². The van der Waals surface area contributed by atoms with Crippen molar-refractivity contribution in [2.75, 3.05) is 5.73 Å². The second kappa shape index (κ2) is 5.73. The Bertz CT molecular complexity index is 688. The molecule has 2 rings (SSSR count). The van der Waals surface area contributed by atoms with Crippen LogP contribution in [0.25, 0.3) is 0 Å². The Morgan fingerprint density at radius 1 is 1.35 bits per heavy atom. The first-order valence-electron chi connectivity index (χ1n) is 5.65. The van der Waals surface area contributed by atoms with Crippen LogP contribution >= 0.6 is 27.5 Å². The number of ether oxygens (including phenoxy) is 1. The highest BCUT2D eigenvalue weighted by atomic mass is 79.9. The van der Waals surface area contributed by atoms with Gasteiger partial charge >= 0.3 is 5.97 Å². The normalized spacial score (nSPS) is 10.3. The van der Waals surface area contributed by atoms with Crippen molar-refractivity contribution >= 4 is 39.2 Å². The number of anilines is 1. The fourth-order valence-corrected chi connectivity index (χ4v) is 2.19. The van der Waals surface area contributed by atoms with E-state index in [2.05, 4.69) is 15.9 Å². The van der Waals surface area contributed by atoms with Gasteiger partial charge in [-0.05, 0) is 42.8 Å². The summed E-state index contributed by atoms with van der Waals surface area (Å²) >= 11 is 9.41. The number of nitrogens with two attached hydrogens (primary N) is 1. The number of aromatic carboxylic acids is 1. The van der Waals surface area contributed by atoms with Crippen LogP contribution in [0.4, 0.5) is 5.69 Å². The summed E-state index contributed by atoms with van der Waals surface area (Å²) in [6, 6.07) is 8.08. The molecule has 0 aromatic heterocycles. The molecule has 0 aliphatic heterocycles. The minimum absolute atomic E-state index is 0.0735. The number of rotatable bonds is 3. The molecule has 0 radical (unpaired) electrons. The van der Waals surface area contributed by atoms with Gasteiger partial charge in [0.25, 0.3) is 0 Å². The molecule has 0 heterocycles. The van der Waals surface area contributed by atoms with Gasteiger partial charge in [-0.15, -0.1) is 0 Å². The first kappa shape index (κ1) is 14.7. The molecule has 0 aliphatic rings. The van der Waals surface area contributed by atoms with Crippen LogP contribution in [0.3, 0.4) is 0 Å². The van der Waals surface area contributed by atoms with E-state index in [0.717, 1.165) is 10.0 Å². The minimum Gasteiger partial charge on any atom is -0.478 e. The zero-order chi connectivity index (χ0) is 14.9. The third-order valence-corrected chi connectivity index (χ3v) is 3.82. The van der Waals surface area contributed by atoms with Crippen molar-refractivity contribution in [1.82, 2.24) is 0 Å². The first-order chi connectivity index (χ1) is 9.38. The average Bonchev–Trinajstić information content (AvgIpc) is 2.36. The van der Waals surface area contributed by atoms with Crippen LogP contribution in [0.2, 0.25) is 5.02 Å². The Kier molecular flexibility index (Phi) is 4.20. The number of aryl methyl sites for hydroxylation is 1. The standard InChI is InChI=1S/C14H11BrClNO3/c1-7-4-9(2-3-11(7)15)20-13-10(14(18)19)5-8(17)6-12(13)16/h2-6H,17H2,1H3,(H,18,19). The van der Waals surface area contributed by atoms with Crippen LogP contribution < -0.4 is 10.5 Å². The molecule has 4 nitrogen and oxygen atoms in total.